The zero-order valence-corrected chi connectivity index (χ0v) is 14.5. The Labute approximate surface area is 142 Å². The van der Waals surface area contributed by atoms with Gasteiger partial charge in [0.2, 0.25) is 0 Å². The zero-order valence-electron chi connectivity index (χ0n) is 14.5. The van der Waals surface area contributed by atoms with Gasteiger partial charge in [0, 0.05) is 29.2 Å². The molecule has 0 radical (unpaired) electrons. The summed E-state index contributed by atoms with van der Waals surface area (Å²) in [5.74, 6) is -0.707. The number of carbonyl (C=O) groups is 1. The number of hydrogen-bond acceptors (Lipinski definition) is 2. The molecule has 2 N–H and O–H groups in total. The first-order valence-corrected chi connectivity index (χ1v) is 8.81. The molecule has 126 valence electrons. The van der Waals surface area contributed by atoms with Crippen molar-refractivity contribution in [2.24, 2.45) is 5.41 Å². The molecule has 0 fully saturated rings. The summed E-state index contributed by atoms with van der Waals surface area (Å²) in [6.07, 6.45) is 6.57. The number of aromatic nitrogens is 1. The van der Waals surface area contributed by atoms with E-state index in [4.69, 9.17) is 0 Å². The van der Waals surface area contributed by atoms with Crippen LogP contribution in [0.4, 0.5) is 0 Å². The average Bonchev–Trinajstić information content (AvgIpc) is 3.00. The molecule has 1 aliphatic carbocycles. The van der Waals surface area contributed by atoms with E-state index in [1.54, 1.807) is 0 Å². The third-order valence-corrected chi connectivity index (χ3v) is 6.23. The van der Waals surface area contributed by atoms with Crippen LogP contribution in [-0.4, -0.2) is 40.1 Å². The van der Waals surface area contributed by atoms with Crippen molar-refractivity contribution in [3.8, 4) is 0 Å². The summed E-state index contributed by atoms with van der Waals surface area (Å²) in [5.41, 5.74) is 4.04. The van der Waals surface area contributed by atoms with E-state index in [9.17, 15) is 9.90 Å². The average molecular weight is 324 g/mol. The second-order valence-corrected chi connectivity index (χ2v) is 7.15. The maximum Gasteiger partial charge on any atom is 0.315 e. The van der Waals surface area contributed by atoms with E-state index in [2.05, 4.69) is 54.3 Å². The van der Waals surface area contributed by atoms with Gasteiger partial charge < -0.3 is 10.1 Å². The van der Waals surface area contributed by atoms with Crippen LogP contribution >= 0.6 is 0 Å². The first kappa shape index (κ1) is 15.5. The predicted molar refractivity (Wildman–Crippen MR) is 96.0 cm³/mol. The molecule has 4 heteroatoms. The molecule has 4 nitrogen and oxygen atoms in total. The zero-order chi connectivity index (χ0) is 17.1. The highest BCUT2D eigenvalue weighted by molar-refractivity contribution is 5.99. The van der Waals surface area contributed by atoms with E-state index in [1.807, 2.05) is 6.92 Å². The second-order valence-electron chi connectivity index (χ2n) is 7.15. The van der Waals surface area contributed by atoms with Crippen LogP contribution in [-0.2, 0) is 11.2 Å². The summed E-state index contributed by atoms with van der Waals surface area (Å²) in [6, 6.07) is 6.56. The standard InChI is InChI=1S/C20H24N2O2/c1-4-17-20(5-2,19(23)24)10-14-13-7-6-8-15-18(13)12(11-21-15)9-16(14)22(17)3/h6-8,10-11,16-17,21H,4-5,9H2,1-3H3,(H,23,24)/t16-,17?,20-/m1/s1. The maximum absolute atomic E-state index is 12.3. The van der Waals surface area contributed by atoms with E-state index in [-0.39, 0.29) is 12.1 Å². The lowest BCUT2D eigenvalue weighted by Crippen LogP contribution is -2.57. The lowest BCUT2D eigenvalue weighted by molar-refractivity contribution is -0.151. The molecule has 0 saturated heterocycles. The van der Waals surface area contributed by atoms with Gasteiger partial charge in [0.05, 0.1) is 0 Å². The highest BCUT2D eigenvalue weighted by Crippen LogP contribution is 2.48. The number of H-pyrrole nitrogens is 1. The highest BCUT2D eigenvalue weighted by atomic mass is 16.4. The summed E-state index contributed by atoms with van der Waals surface area (Å²) in [5, 5.41) is 11.3. The smallest absolute Gasteiger partial charge is 0.315 e. The lowest BCUT2D eigenvalue weighted by Gasteiger charge is -2.49. The molecule has 0 spiro atoms. The van der Waals surface area contributed by atoms with Crippen LogP contribution in [0.1, 0.15) is 37.8 Å². The van der Waals surface area contributed by atoms with Crippen molar-refractivity contribution in [3.05, 3.63) is 41.6 Å². The molecule has 0 saturated carbocycles. The molecule has 3 atom stereocenters. The molecule has 2 heterocycles. The molecule has 1 unspecified atom stereocenters. The van der Waals surface area contributed by atoms with Gasteiger partial charge in [0.1, 0.15) is 5.41 Å². The Hall–Kier alpha value is -2.07. The minimum atomic E-state index is -0.814. The molecular formula is C20H24N2O2. The van der Waals surface area contributed by atoms with Gasteiger partial charge in [-0.1, -0.05) is 32.1 Å². The number of nitrogens with one attached hydrogen (secondary N) is 1. The van der Waals surface area contributed by atoms with E-state index in [0.29, 0.717) is 6.42 Å². The fourth-order valence-corrected chi connectivity index (χ4v) is 4.99. The van der Waals surface area contributed by atoms with Gasteiger partial charge in [-0.3, -0.25) is 9.69 Å². The van der Waals surface area contributed by atoms with Crippen LogP contribution in [0.2, 0.25) is 0 Å². The molecule has 2 aromatic rings. The van der Waals surface area contributed by atoms with Gasteiger partial charge in [-0.05, 0) is 49.1 Å². The number of carboxylic acids is 1. The van der Waals surface area contributed by atoms with E-state index >= 15 is 0 Å². The minimum Gasteiger partial charge on any atom is -0.481 e. The van der Waals surface area contributed by atoms with Gasteiger partial charge in [-0.15, -0.1) is 0 Å². The van der Waals surface area contributed by atoms with Gasteiger partial charge in [-0.25, -0.2) is 0 Å². The SMILES string of the molecule is CCC1N(C)[C@@H]2Cc3c[nH]c4cccc(c34)C2=C[C@@]1(CC)C(=O)O. The van der Waals surface area contributed by atoms with Gasteiger partial charge in [0.15, 0.2) is 0 Å². The van der Waals surface area contributed by atoms with E-state index < -0.39 is 11.4 Å². The molecule has 1 aromatic heterocycles. The summed E-state index contributed by atoms with van der Waals surface area (Å²) in [7, 11) is 2.09. The number of likely N-dealkylation sites (N-methyl/N-ethyl adjacent to an activating group) is 1. The highest BCUT2D eigenvalue weighted by Gasteiger charge is 2.50. The van der Waals surface area contributed by atoms with Crippen LogP contribution in [0.3, 0.4) is 0 Å². The number of benzene rings is 1. The van der Waals surface area contributed by atoms with Crippen LogP contribution in [0.5, 0.6) is 0 Å². The van der Waals surface area contributed by atoms with Crippen molar-refractivity contribution in [2.75, 3.05) is 7.05 Å². The Bertz CT molecular complexity index is 850. The Morgan fingerprint density at radius 3 is 2.88 bits per heavy atom. The van der Waals surface area contributed by atoms with Crippen molar-refractivity contribution in [3.63, 3.8) is 0 Å². The number of nitrogens with zero attached hydrogens (tertiary/aromatic N) is 1. The second kappa shape index (κ2) is 5.21. The Kier molecular flexibility index (Phi) is 3.36. The molecule has 0 bridgehead atoms. The van der Waals surface area contributed by atoms with Crippen LogP contribution in [0.25, 0.3) is 16.5 Å². The number of hydrogen-bond donors (Lipinski definition) is 2. The van der Waals surface area contributed by atoms with Gasteiger partial charge >= 0.3 is 5.97 Å². The van der Waals surface area contributed by atoms with Crippen molar-refractivity contribution in [1.29, 1.82) is 0 Å². The number of carboxylic acid groups (broad SMARTS) is 1. The number of aliphatic carboxylic acids is 1. The van der Waals surface area contributed by atoms with E-state index in [0.717, 1.165) is 18.4 Å². The quantitative estimate of drug-likeness (QED) is 0.905. The number of aromatic amines is 1. The largest absolute Gasteiger partial charge is 0.481 e. The lowest BCUT2D eigenvalue weighted by atomic mass is 9.67. The molecule has 2 aliphatic rings. The summed E-state index contributed by atoms with van der Waals surface area (Å²) in [4.78, 5) is 17.9. The molecular weight excluding hydrogens is 300 g/mol. The van der Waals surface area contributed by atoms with Crippen molar-refractivity contribution < 1.29 is 9.90 Å². The Morgan fingerprint density at radius 2 is 2.21 bits per heavy atom. The third-order valence-electron chi connectivity index (χ3n) is 6.23. The fraction of sp³-hybridized carbons (Fsp3) is 0.450. The Morgan fingerprint density at radius 1 is 1.42 bits per heavy atom. The maximum atomic E-state index is 12.3. The van der Waals surface area contributed by atoms with Crippen LogP contribution in [0.15, 0.2) is 30.5 Å². The normalized spacial score (nSPS) is 29.4. The Balaban J connectivity index is 2.00. The van der Waals surface area contributed by atoms with Crippen LogP contribution < -0.4 is 0 Å². The van der Waals surface area contributed by atoms with Crippen LogP contribution in [0, 0.1) is 5.41 Å². The molecule has 0 amide bonds. The van der Waals surface area contributed by atoms with Crippen molar-refractivity contribution in [2.45, 2.75) is 45.2 Å². The summed E-state index contributed by atoms with van der Waals surface area (Å²) in [6.45, 7) is 4.09. The first-order valence-electron chi connectivity index (χ1n) is 8.81. The van der Waals surface area contributed by atoms with Crippen molar-refractivity contribution >= 4 is 22.4 Å². The monoisotopic (exact) mass is 324 g/mol. The molecule has 4 rings (SSSR count). The third kappa shape index (κ3) is 1.80. The molecule has 1 aromatic carbocycles. The summed E-state index contributed by atoms with van der Waals surface area (Å²) < 4.78 is 0. The van der Waals surface area contributed by atoms with Gasteiger partial charge in [-0.2, -0.15) is 0 Å². The topological polar surface area (TPSA) is 56.3 Å². The first-order chi connectivity index (χ1) is 11.5. The van der Waals surface area contributed by atoms with E-state index in [1.165, 1.54) is 22.1 Å². The molecule has 24 heavy (non-hydrogen) atoms. The number of fused-ring (bicyclic) bond motifs is 2. The minimum absolute atomic E-state index is 0.0217. The number of rotatable bonds is 3. The predicted octanol–water partition coefficient (Wildman–Crippen LogP) is 3.68. The summed E-state index contributed by atoms with van der Waals surface area (Å²) >= 11 is 0. The fourth-order valence-electron chi connectivity index (χ4n) is 4.99. The van der Waals surface area contributed by atoms with Gasteiger partial charge in [0.25, 0.3) is 0 Å². The van der Waals surface area contributed by atoms with Crippen molar-refractivity contribution in [1.82, 2.24) is 9.88 Å². The molecule has 1 aliphatic heterocycles.